The van der Waals surface area contributed by atoms with Crippen molar-refractivity contribution in [3.8, 4) is 17.2 Å². The van der Waals surface area contributed by atoms with E-state index in [1.54, 1.807) is 0 Å². The van der Waals surface area contributed by atoms with Crippen molar-refractivity contribution in [3.05, 3.63) is 53.1 Å². The molecule has 7 nitrogen and oxygen atoms in total. The second-order valence-electron chi connectivity index (χ2n) is 6.81. The second kappa shape index (κ2) is 8.31. The monoisotopic (exact) mass is 385 g/mol. The molecule has 0 aliphatic carbocycles. The number of carbonyl (C=O) groups excluding carboxylic acids is 2. The van der Waals surface area contributed by atoms with Gasteiger partial charge in [0.1, 0.15) is 30.0 Å². The van der Waals surface area contributed by atoms with Crippen molar-refractivity contribution >= 4 is 11.8 Å². The number of fused-ring (bicyclic) bond motifs is 1. The van der Waals surface area contributed by atoms with Gasteiger partial charge in [-0.15, -0.1) is 0 Å². The molecule has 2 aromatic rings. The van der Waals surface area contributed by atoms with Gasteiger partial charge in [0.25, 0.3) is 0 Å². The fraction of sp³-hybridized carbons (Fsp3) is 0.333. The third kappa shape index (κ3) is 4.26. The summed E-state index contributed by atoms with van der Waals surface area (Å²) in [5.41, 5.74) is 0.956. The molecule has 1 atom stereocenters. The molecule has 1 aliphatic heterocycles. The van der Waals surface area contributed by atoms with E-state index in [4.69, 9.17) is 14.2 Å². The number of phenols is 1. The van der Waals surface area contributed by atoms with Gasteiger partial charge < -0.3 is 24.2 Å². The number of hydrogen-bond acceptors (Lipinski definition) is 7. The van der Waals surface area contributed by atoms with Crippen molar-refractivity contribution in [2.45, 2.75) is 12.5 Å². The molecule has 1 heterocycles. The first-order valence-electron chi connectivity index (χ1n) is 8.91. The van der Waals surface area contributed by atoms with Crippen LogP contribution in [-0.2, 0) is 4.74 Å². The first-order valence-corrected chi connectivity index (χ1v) is 8.91. The zero-order chi connectivity index (χ0) is 20.3. The minimum atomic E-state index is -0.693. The fourth-order valence-electron chi connectivity index (χ4n) is 3.03. The Morgan fingerprint density at radius 3 is 2.61 bits per heavy atom. The van der Waals surface area contributed by atoms with Gasteiger partial charge in [-0.1, -0.05) is 12.1 Å². The van der Waals surface area contributed by atoms with Crippen LogP contribution in [0.2, 0.25) is 0 Å². The van der Waals surface area contributed by atoms with E-state index in [0.29, 0.717) is 6.61 Å². The summed E-state index contributed by atoms with van der Waals surface area (Å²) in [5.74, 6) is -0.191. The van der Waals surface area contributed by atoms with E-state index in [1.165, 1.54) is 19.2 Å². The number of rotatable bonds is 6. The molecule has 0 saturated carbocycles. The lowest BCUT2D eigenvalue weighted by Crippen LogP contribution is -2.23. The summed E-state index contributed by atoms with van der Waals surface area (Å²) >= 11 is 0. The minimum absolute atomic E-state index is 0.00518. The minimum Gasteiger partial charge on any atom is -0.508 e. The molecule has 28 heavy (non-hydrogen) atoms. The number of aromatic hydroxyl groups is 1. The van der Waals surface area contributed by atoms with Crippen LogP contribution in [0.3, 0.4) is 0 Å². The highest BCUT2D eigenvalue weighted by Crippen LogP contribution is 2.39. The number of phenolic OH excluding ortho intramolecular Hbond substituents is 1. The molecule has 0 bridgehead atoms. The normalized spacial score (nSPS) is 15.7. The summed E-state index contributed by atoms with van der Waals surface area (Å²) < 4.78 is 16.3. The Morgan fingerprint density at radius 1 is 1.25 bits per heavy atom. The van der Waals surface area contributed by atoms with Gasteiger partial charge in [0, 0.05) is 12.6 Å². The average Bonchev–Trinajstić information content (AvgIpc) is 2.66. The maximum atomic E-state index is 12.7. The quantitative estimate of drug-likeness (QED) is 0.765. The summed E-state index contributed by atoms with van der Waals surface area (Å²) in [7, 11) is 5.17. The van der Waals surface area contributed by atoms with Gasteiger partial charge in [-0.05, 0) is 37.9 Å². The van der Waals surface area contributed by atoms with Crippen LogP contribution in [0.15, 0.2) is 36.4 Å². The van der Waals surface area contributed by atoms with E-state index in [9.17, 15) is 14.7 Å². The fourth-order valence-corrected chi connectivity index (χ4v) is 3.03. The van der Waals surface area contributed by atoms with Gasteiger partial charge in [-0.2, -0.15) is 0 Å². The zero-order valence-electron chi connectivity index (χ0n) is 16.1. The zero-order valence-corrected chi connectivity index (χ0v) is 16.1. The van der Waals surface area contributed by atoms with E-state index < -0.39 is 12.1 Å². The van der Waals surface area contributed by atoms with Crippen molar-refractivity contribution in [2.24, 2.45) is 0 Å². The summed E-state index contributed by atoms with van der Waals surface area (Å²) in [6.07, 6.45) is -0.425. The van der Waals surface area contributed by atoms with Crippen molar-refractivity contribution < 1.29 is 28.9 Å². The largest absolute Gasteiger partial charge is 0.508 e. The van der Waals surface area contributed by atoms with E-state index in [2.05, 4.69) is 0 Å². The molecular formula is C21H23NO6. The molecule has 0 radical (unpaired) electrons. The molecule has 0 fully saturated rings. The van der Waals surface area contributed by atoms with Gasteiger partial charge >= 0.3 is 5.97 Å². The van der Waals surface area contributed by atoms with E-state index in [0.717, 1.165) is 17.9 Å². The van der Waals surface area contributed by atoms with Crippen LogP contribution in [0.4, 0.5) is 0 Å². The third-order valence-electron chi connectivity index (χ3n) is 4.47. The maximum Gasteiger partial charge on any atom is 0.338 e. The molecule has 0 spiro atoms. The number of ether oxygens (including phenoxy) is 3. The molecule has 1 N–H and O–H groups in total. The number of hydrogen-bond donors (Lipinski definition) is 1. The van der Waals surface area contributed by atoms with Crippen LogP contribution in [0.5, 0.6) is 17.2 Å². The molecule has 0 aromatic heterocycles. The van der Waals surface area contributed by atoms with Gasteiger partial charge in [0.2, 0.25) is 0 Å². The summed E-state index contributed by atoms with van der Waals surface area (Å²) in [5, 5.41) is 9.90. The molecule has 7 heteroatoms. The van der Waals surface area contributed by atoms with Crippen LogP contribution >= 0.6 is 0 Å². The number of likely N-dealkylation sites (N-methyl/N-ethyl adjacent to an activating group) is 1. The number of esters is 1. The standard InChI is InChI=1S/C21H23NO6/c1-22(2)8-9-27-15-6-4-13(5-7-15)18-12-17(24)20-16(21(25)26-3)10-14(23)11-19(20)28-18/h4-7,10-11,18,23H,8-9,12H2,1-3H3. The molecule has 0 saturated heterocycles. The highest BCUT2D eigenvalue weighted by molar-refractivity contribution is 6.09. The number of Topliss-reactive ketones (excluding diaryl/α,β-unsaturated/α-hetero) is 1. The summed E-state index contributed by atoms with van der Waals surface area (Å²) in [6.45, 7) is 1.39. The van der Waals surface area contributed by atoms with Crippen LogP contribution in [0, 0.1) is 0 Å². The number of nitrogens with zero attached hydrogens (tertiary/aromatic N) is 1. The lowest BCUT2D eigenvalue weighted by atomic mass is 9.92. The molecule has 148 valence electrons. The number of benzene rings is 2. The van der Waals surface area contributed by atoms with Crippen LogP contribution in [0.1, 0.15) is 38.8 Å². The Labute approximate surface area is 163 Å². The summed E-state index contributed by atoms with van der Waals surface area (Å²) in [6, 6.07) is 9.90. The van der Waals surface area contributed by atoms with Gasteiger partial charge in [-0.25, -0.2) is 4.79 Å². The molecule has 1 unspecified atom stereocenters. The Bertz CT molecular complexity index is 875. The number of carbonyl (C=O) groups is 2. The smallest absolute Gasteiger partial charge is 0.338 e. The van der Waals surface area contributed by atoms with E-state index >= 15 is 0 Å². The van der Waals surface area contributed by atoms with Crippen molar-refractivity contribution in [1.29, 1.82) is 0 Å². The average molecular weight is 385 g/mol. The summed E-state index contributed by atoms with van der Waals surface area (Å²) in [4.78, 5) is 26.7. The van der Waals surface area contributed by atoms with Gasteiger partial charge in [-0.3, -0.25) is 4.79 Å². The van der Waals surface area contributed by atoms with Gasteiger partial charge in [0.05, 0.1) is 24.7 Å². The topological polar surface area (TPSA) is 85.3 Å². The molecule has 0 amide bonds. The SMILES string of the molecule is COC(=O)c1cc(O)cc2c1C(=O)CC(c1ccc(OCCN(C)C)cc1)O2. The Morgan fingerprint density at radius 2 is 1.96 bits per heavy atom. The van der Waals surface area contributed by atoms with Crippen molar-refractivity contribution in [3.63, 3.8) is 0 Å². The predicted molar refractivity (Wildman–Crippen MR) is 102 cm³/mol. The van der Waals surface area contributed by atoms with E-state index in [-0.39, 0.29) is 34.8 Å². The molecule has 2 aromatic carbocycles. The number of ketones is 1. The maximum absolute atomic E-state index is 12.7. The predicted octanol–water partition coefficient (Wildman–Crippen LogP) is 2.83. The highest BCUT2D eigenvalue weighted by atomic mass is 16.5. The van der Waals surface area contributed by atoms with Crippen molar-refractivity contribution in [1.82, 2.24) is 4.90 Å². The first kappa shape index (κ1) is 19.7. The first-order chi connectivity index (χ1) is 13.4. The van der Waals surface area contributed by atoms with E-state index in [1.807, 2.05) is 43.3 Å². The molecule has 1 aliphatic rings. The van der Waals surface area contributed by atoms with Gasteiger partial charge in [0.15, 0.2) is 5.78 Å². The van der Waals surface area contributed by atoms with Crippen LogP contribution in [0.25, 0.3) is 0 Å². The Kier molecular flexibility index (Phi) is 5.84. The Balaban J connectivity index is 1.79. The number of methoxy groups -OCH3 is 1. The molecular weight excluding hydrogens is 362 g/mol. The lowest BCUT2D eigenvalue weighted by molar-refractivity contribution is 0.0590. The highest BCUT2D eigenvalue weighted by Gasteiger charge is 2.32. The lowest BCUT2D eigenvalue weighted by Gasteiger charge is -2.27. The third-order valence-corrected chi connectivity index (χ3v) is 4.47. The van der Waals surface area contributed by atoms with Crippen LogP contribution < -0.4 is 9.47 Å². The Hall–Kier alpha value is -3.06. The van der Waals surface area contributed by atoms with Crippen LogP contribution in [-0.4, -0.2) is 56.1 Å². The molecule has 3 rings (SSSR count). The second-order valence-corrected chi connectivity index (χ2v) is 6.81. The van der Waals surface area contributed by atoms with Crippen molar-refractivity contribution in [2.75, 3.05) is 34.4 Å².